The minimum Gasteiger partial charge on any atom is -0.444 e. The van der Waals surface area contributed by atoms with E-state index in [1.165, 1.54) is 0 Å². The van der Waals surface area contributed by atoms with Gasteiger partial charge in [-0.05, 0) is 38.8 Å². The number of benzene rings is 2. The lowest BCUT2D eigenvalue weighted by molar-refractivity contribution is -0.140. The highest BCUT2D eigenvalue weighted by Gasteiger charge is 2.31. The predicted molar refractivity (Wildman–Crippen MR) is 96.3 cm³/mol. The highest BCUT2D eigenvalue weighted by molar-refractivity contribution is 5.93. The fourth-order valence-electron chi connectivity index (χ4n) is 3.26. The summed E-state index contributed by atoms with van der Waals surface area (Å²) in [6.45, 7) is 5.33. The molecular weight excluding hydrogens is 314 g/mol. The molecule has 2 aromatic carbocycles. The van der Waals surface area contributed by atoms with Crippen molar-refractivity contribution in [2.45, 2.75) is 32.8 Å². The smallest absolute Gasteiger partial charge is 0.339 e. The number of rotatable bonds is 4. The van der Waals surface area contributed by atoms with E-state index in [0.717, 1.165) is 37.1 Å². The summed E-state index contributed by atoms with van der Waals surface area (Å²) >= 11 is 0. The minimum absolute atomic E-state index is 0.138. The van der Waals surface area contributed by atoms with E-state index < -0.39 is 12.1 Å². The predicted octanol–water partition coefficient (Wildman–Crippen LogP) is 3.82. The molecule has 1 fully saturated rings. The van der Waals surface area contributed by atoms with Gasteiger partial charge >= 0.3 is 5.97 Å². The van der Waals surface area contributed by atoms with E-state index >= 15 is 0 Å². The summed E-state index contributed by atoms with van der Waals surface area (Å²) in [6, 6.07) is 14.8. The van der Waals surface area contributed by atoms with Gasteiger partial charge in [-0.2, -0.15) is 0 Å². The van der Waals surface area contributed by atoms with Crippen LogP contribution in [0.15, 0.2) is 48.5 Å². The summed E-state index contributed by atoms with van der Waals surface area (Å²) in [5.41, 5.74) is 3.17. The lowest BCUT2D eigenvalue weighted by Crippen LogP contribution is -2.34. The first kappa shape index (κ1) is 17.2. The van der Waals surface area contributed by atoms with Crippen LogP contribution in [0.5, 0.6) is 0 Å². The summed E-state index contributed by atoms with van der Waals surface area (Å²) < 4.78 is 5.68. The van der Waals surface area contributed by atoms with Crippen LogP contribution in [0.3, 0.4) is 0 Å². The lowest BCUT2D eigenvalue weighted by atomic mass is 10.1. The highest BCUT2D eigenvalue weighted by Crippen LogP contribution is 2.24. The van der Waals surface area contributed by atoms with Gasteiger partial charge in [0.2, 0.25) is 6.10 Å². The Bertz CT molecular complexity index is 744. The Kier molecular flexibility index (Phi) is 5.17. The van der Waals surface area contributed by atoms with Crippen molar-refractivity contribution in [1.82, 2.24) is 4.90 Å². The van der Waals surface area contributed by atoms with Gasteiger partial charge in [0.05, 0.1) is 5.56 Å². The Hall–Kier alpha value is -2.62. The maximum Gasteiger partial charge on any atom is 0.339 e. The van der Waals surface area contributed by atoms with Crippen molar-refractivity contribution in [3.05, 3.63) is 70.8 Å². The Morgan fingerprint density at radius 1 is 0.960 bits per heavy atom. The monoisotopic (exact) mass is 337 g/mol. The molecule has 4 nitrogen and oxygen atoms in total. The largest absolute Gasteiger partial charge is 0.444 e. The average Bonchev–Trinajstić information content (AvgIpc) is 3.13. The molecule has 25 heavy (non-hydrogen) atoms. The number of hydrogen-bond donors (Lipinski definition) is 0. The van der Waals surface area contributed by atoms with Crippen LogP contribution in [0.1, 0.15) is 46.0 Å². The number of likely N-dealkylation sites (tertiary alicyclic amines) is 1. The first-order chi connectivity index (χ1) is 12.0. The summed E-state index contributed by atoms with van der Waals surface area (Å²) in [5, 5.41) is 0. The fourth-order valence-corrected chi connectivity index (χ4v) is 3.26. The zero-order chi connectivity index (χ0) is 17.8. The van der Waals surface area contributed by atoms with Crippen molar-refractivity contribution in [1.29, 1.82) is 0 Å². The van der Waals surface area contributed by atoms with Gasteiger partial charge in [0.1, 0.15) is 0 Å². The van der Waals surface area contributed by atoms with Crippen LogP contribution in [-0.2, 0) is 9.53 Å². The molecule has 0 aliphatic carbocycles. The van der Waals surface area contributed by atoms with Gasteiger partial charge in [0.15, 0.2) is 0 Å². The Balaban J connectivity index is 1.86. The molecule has 1 atom stereocenters. The van der Waals surface area contributed by atoms with Crippen molar-refractivity contribution < 1.29 is 14.3 Å². The molecule has 1 aliphatic heterocycles. The summed E-state index contributed by atoms with van der Waals surface area (Å²) in [6.07, 6.45) is 1.10. The number of carbonyl (C=O) groups is 2. The van der Waals surface area contributed by atoms with Gasteiger partial charge in [-0.15, -0.1) is 0 Å². The maximum absolute atomic E-state index is 12.9. The molecule has 1 saturated heterocycles. The van der Waals surface area contributed by atoms with Crippen LogP contribution in [0.2, 0.25) is 0 Å². The molecule has 1 unspecified atom stereocenters. The summed E-state index contributed by atoms with van der Waals surface area (Å²) in [5.74, 6) is -0.602. The van der Waals surface area contributed by atoms with Crippen LogP contribution >= 0.6 is 0 Å². The quantitative estimate of drug-likeness (QED) is 0.797. The maximum atomic E-state index is 12.9. The van der Waals surface area contributed by atoms with Crippen molar-refractivity contribution in [2.75, 3.05) is 13.1 Å². The van der Waals surface area contributed by atoms with Gasteiger partial charge in [-0.3, -0.25) is 4.79 Å². The third kappa shape index (κ3) is 4.08. The lowest BCUT2D eigenvalue weighted by Gasteiger charge is -2.23. The average molecular weight is 337 g/mol. The molecule has 0 N–H and O–H groups in total. The van der Waals surface area contributed by atoms with E-state index in [1.807, 2.05) is 50.2 Å². The van der Waals surface area contributed by atoms with Crippen LogP contribution in [0, 0.1) is 13.8 Å². The molecule has 1 amide bonds. The SMILES string of the molecule is Cc1cc(C)cc(C(=O)OC(C(=O)N2CCCC2)c2ccccc2)c1. The number of esters is 1. The van der Waals surface area contributed by atoms with Crippen molar-refractivity contribution in [3.63, 3.8) is 0 Å². The topological polar surface area (TPSA) is 46.6 Å². The number of hydrogen-bond acceptors (Lipinski definition) is 3. The zero-order valence-corrected chi connectivity index (χ0v) is 14.7. The molecule has 0 radical (unpaired) electrons. The van der Waals surface area contributed by atoms with Crippen LogP contribution in [-0.4, -0.2) is 29.9 Å². The van der Waals surface area contributed by atoms with E-state index in [4.69, 9.17) is 4.74 Å². The number of amides is 1. The van der Waals surface area contributed by atoms with Crippen molar-refractivity contribution in [2.24, 2.45) is 0 Å². The third-order valence-corrected chi connectivity index (χ3v) is 4.43. The third-order valence-electron chi connectivity index (χ3n) is 4.43. The van der Waals surface area contributed by atoms with E-state index in [2.05, 4.69) is 0 Å². The fraction of sp³-hybridized carbons (Fsp3) is 0.333. The van der Waals surface area contributed by atoms with Crippen LogP contribution in [0.4, 0.5) is 0 Å². The summed E-state index contributed by atoms with van der Waals surface area (Å²) in [4.78, 5) is 27.3. The van der Waals surface area contributed by atoms with E-state index in [-0.39, 0.29) is 5.91 Å². The van der Waals surface area contributed by atoms with Gasteiger partial charge < -0.3 is 9.64 Å². The van der Waals surface area contributed by atoms with E-state index in [1.54, 1.807) is 17.0 Å². The second-order valence-electron chi connectivity index (χ2n) is 6.60. The first-order valence-corrected chi connectivity index (χ1v) is 8.67. The molecule has 4 heteroatoms. The minimum atomic E-state index is -0.896. The Morgan fingerprint density at radius 2 is 1.56 bits per heavy atom. The van der Waals surface area contributed by atoms with Crippen molar-refractivity contribution in [3.8, 4) is 0 Å². The molecule has 1 aliphatic rings. The van der Waals surface area contributed by atoms with Gasteiger partial charge in [0.25, 0.3) is 5.91 Å². The standard InChI is InChI=1S/C21H23NO3/c1-15-12-16(2)14-18(13-15)21(24)25-19(17-8-4-3-5-9-17)20(23)22-10-6-7-11-22/h3-5,8-9,12-14,19H,6-7,10-11H2,1-2H3. The second kappa shape index (κ2) is 7.51. The van der Waals surface area contributed by atoms with E-state index in [9.17, 15) is 9.59 Å². The highest BCUT2D eigenvalue weighted by atomic mass is 16.5. The number of aryl methyl sites for hydroxylation is 2. The number of ether oxygens (including phenoxy) is 1. The molecule has 0 spiro atoms. The Labute approximate surface area is 148 Å². The molecule has 2 aromatic rings. The van der Waals surface area contributed by atoms with Gasteiger partial charge in [-0.1, -0.05) is 47.5 Å². The van der Waals surface area contributed by atoms with Crippen LogP contribution in [0.25, 0.3) is 0 Å². The molecular formula is C21H23NO3. The molecule has 0 bridgehead atoms. The van der Waals surface area contributed by atoms with Gasteiger partial charge in [0, 0.05) is 18.7 Å². The zero-order valence-electron chi connectivity index (χ0n) is 14.7. The molecule has 3 rings (SSSR count). The first-order valence-electron chi connectivity index (χ1n) is 8.67. The summed E-state index contributed by atoms with van der Waals surface area (Å²) in [7, 11) is 0. The number of nitrogens with zero attached hydrogens (tertiary/aromatic N) is 1. The molecule has 130 valence electrons. The van der Waals surface area contributed by atoms with Gasteiger partial charge in [-0.25, -0.2) is 4.79 Å². The van der Waals surface area contributed by atoms with Crippen LogP contribution < -0.4 is 0 Å². The molecule has 0 saturated carbocycles. The second-order valence-corrected chi connectivity index (χ2v) is 6.60. The molecule has 1 heterocycles. The number of carbonyl (C=O) groups excluding carboxylic acids is 2. The Morgan fingerprint density at radius 3 is 2.16 bits per heavy atom. The molecule has 0 aromatic heterocycles. The van der Waals surface area contributed by atoms with Crippen molar-refractivity contribution >= 4 is 11.9 Å². The van der Waals surface area contributed by atoms with E-state index in [0.29, 0.717) is 11.1 Å². The normalized spacial score (nSPS) is 15.0.